The Bertz CT molecular complexity index is 305. The Labute approximate surface area is 187 Å². The van der Waals surface area contributed by atoms with Crippen LogP contribution in [0.5, 0.6) is 0 Å². The van der Waals surface area contributed by atoms with Crippen LogP contribution < -0.4 is 0 Å². The van der Waals surface area contributed by atoms with Crippen molar-refractivity contribution in [2.24, 2.45) is 23.7 Å². The first-order valence-electron chi connectivity index (χ1n) is 14.0. The van der Waals surface area contributed by atoms with Crippen LogP contribution in [0.2, 0.25) is 0 Å². The molecular weight excluding hydrogens is 348 g/mol. The monoisotopic (exact) mass is 408 g/mol. The third kappa shape index (κ3) is 22.5. The molecular formula is C29H60. The van der Waals surface area contributed by atoms with E-state index in [1.807, 2.05) is 0 Å². The van der Waals surface area contributed by atoms with Crippen LogP contribution in [0.3, 0.4) is 0 Å². The third-order valence-electron chi connectivity index (χ3n) is 7.07. The minimum absolute atomic E-state index is 0.879. The molecule has 0 N–H and O–H groups in total. The number of rotatable bonds is 22. The molecule has 3 unspecified atom stereocenters. The molecule has 0 spiro atoms. The Morgan fingerprint density at radius 1 is 0.345 bits per heavy atom. The zero-order chi connectivity index (χ0) is 21.7. The van der Waals surface area contributed by atoms with Crippen molar-refractivity contribution in [3.05, 3.63) is 0 Å². The highest BCUT2D eigenvalue weighted by molar-refractivity contribution is 4.62. The predicted molar refractivity (Wildman–Crippen MR) is 136 cm³/mol. The maximum Gasteiger partial charge on any atom is -0.0443 e. The average Bonchev–Trinajstić information content (AvgIpc) is 2.67. The van der Waals surface area contributed by atoms with Crippen molar-refractivity contribution in [1.29, 1.82) is 0 Å². The van der Waals surface area contributed by atoms with Crippen molar-refractivity contribution in [1.82, 2.24) is 0 Å². The van der Waals surface area contributed by atoms with Gasteiger partial charge >= 0.3 is 0 Å². The van der Waals surface area contributed by atoms with Gasteiger partial charge in [0.25, 0.3) is 0 Å². The molecule has 0 saturated heterocycles. The van der Waals surface area contributed by atoms with Crippen molar-refractivity contribution < 1.29 is 0 Å². The summed E-state index contributed by atoms with van der Waals surface area (Å²) in [5, 5.41) is 0. The van der Waals surface area contributed by atoms with Gasteiger partial charge in [-0.25, -0.2) is 0 Å². The van der Waals surface area contributed by atoms with Gasteiger partial charge < -0.3 is 0 Å². The summed E-state index contributed by atoms with van der Waals surface area (Å²) in [6, 6.07) is 0. The topological polar surface area (TPSA) is 0 Å². The van der Waals surface area contributed by atoms with E-state index in [4.69, 9.17) is 0 Å². The lowest BCUT2D eigenvalue weighted by Crippen LogP contribution is -2.02. The summed E-state index contributed by atoms with van der Waals surface area (Å²) in [4.78, 5) is 0. The molecule has 176 valence electrons. The van der Waals surface area contributed by atoms with E-state index in [-0.39, 0.29) is 0 Å². The van der Waals surface area contributed by atoms with Crippen LogP contribution in [-0.2, 0) is 0 Å². The minimum Gasteiger partial charge on any atom is -0.0654 e. The van der Waals surface area contributed by atoms with Crippen LogP contribution in [0.4, 0.5) is 0 Å². The van der Waals surface area contributed by atoms with E-state index in [1.54, 1.807) is 0 Å². The number of hydrogen-bond donors (Lipinski definition) is 0. The van der Waals surface area contributed by atoms with Crippen LogP contribution in [0.25, 0.3) is 0 Å². The van der Waals surface area contributed by atoms with Gasteiger partial charge in [0.2, 0.25) is 0 Å². The van der Waals surface area contributed by atoms with Crippen LogP contribution in [0.1, 0.15) is 164 Å². The van der Waals surface area contributed by atoms with E-state index >= 15 is 0 Å². The maximum absolute atomic E-state index is 2.50. The first kappa shape index (κ1) is 29.0. The van der Waals surface area contributed by atoms with Crippen molar-refractivity contribution in [3.63, 3.8) is 0 Å². The second-order valence-corrected chi connectivity index (χ2v) is 11.1. The molecule has 0 heteroatoms. The summed E-state index contributed by atoms with van der Waals surface area (Å²) in [5.41, 5.74) is 0. The molecule has 0 amide bonds. The minimum atomic E-state index is 0.879. The highest BCUT2D eigenvalue weighted by Crippen LogP contribution is 2.24. The van der Waals surface area contributed by atoms with Crippen LogP contribution in [-0.4, -0.2) is 0 Å². The summed E-state index contributed by atoms with van der Waals surface area (Å²) in [6.07, 6.45) is 27.7. The average molecular weight is 409 g/mol. The highest BCUT2D eigenvalue weighted by Gasteiger charge is 2.09. The van der Waals surface area contributed by atoms with Gasteiger partial charge in [0.1, 0.15) is 0 Å². The highest BCUT2D eigenvalue weighted by atomic mass is 14.1. The van der Waals surface area contributed by atoms with Gasteiger partial charge in [-0.15, -0.1) is 0 Å². The summed E-state index contributed by atoms with van der Waals surface area (Å²) in [7, 11) is 0. The molecule has 0 aromatic carbocycles. The fraction of sp³-hybridized carbons (Fsp3) is 1.00. The van der Waals surface area contributed by atoms with Gasteiger partial charge in [0, 0.05) is 0 Å². The predicted octanol–water partition coefficient (Wildman–Crippen LogP) is 11.0. The SMILES string of the molecule is CCCCCCCCCCCCC(C)CCC(C)CCCC(C)CCCC(C)C. The largest absolute Gasteiger partial charge is 0.0654 e. The molecule has 0 aliphatic rings. The van der Waals surface area contributed by atoms with E-state index in [0.717, 1.165) is 23.7 Å². The Morgan fingerprint density at radius 2 is 0.690 bits per heavy atom. The van der Waals surface area contributed by atoms with E-state index in [2.05, 4.69) is 41.5 Å². The van der Waals surface area contributed by atoms with Crippen molar-refractivity contribution in [2.75, 3.05) is 0 Å². The lowest BCUT2D eigenvalue weighted by atomic mass is 9.89. The number of hydrogen-bond acceptors (Lipinski definition) is 0. The molecule has 0 saturated carbocycles. The van der Waals surface area contributed by atoms with Gasteiger partial charge in [-0.1, -0.05) is 164 Å². The number of unbranched alkanes of at least 4 members (excludes halogenated alkanes) is 9. The Morgan fingerprint density at radius 3 is 1.14 bits per heavy atom. The molecule has 0 fully saturated rings. The summed E-state index contributed by atoms with van der Waals surface area (Å²) < 4.78 is 0. The molecule has 0 aromatic heterocycles. The van der Waals surface area contributed by atoms with Crippen molar-refractivity contribution in [3.8, 4) is 0 Å². The summed E-state index contributed by atoms with van der Waals surface area (Å²) >= 11 is 0. The van der Waals surface area contributed by atoms with Crippen molar-refractivity contribution in [2.45, 2.75) is 164 Å². The quantitative estimate of drug-likeness (QED) is 0.156. The molecule has 0 bridgehead atoms. The molecule has 29 heavy (non-hydrogen) atoms. The maximum atomic E-state index is 2.50. The lowest BCUT2D eigenvalue weighted by Gasteiger charge is -2.17. The van der Waals surface area contributed by atoms with Gasteiger partial charge in [-0.05, 0) is 23.7 Å². The zero-order valence-electron chi connectivity index (χ0n) is 21.7. The van der Waals surface area contributed by atoms with E-state index < -0.39 is 0 Å². The van der Waals surface area contributed by atoms with Crippen LogP contribution >= 0.6 is 0 Å². The Hall–Kier alpha value is 0. The molecule has 0 aromatic rings. The fourth-order valence-corrected chi connectivity index (χ4v) is 4.67. The lowest BCUT2D eigenvalue weighted by molar-refractivity contribution is 0.360. The first-order chi connectivity index (χ1) is 14.0. The normalized spacial score (nSPS) is 15.0. The van der Waals surface area contributed by atoms with Gasteiger partial charge in [-0.2, -0.15) is 0 Å². The van der Waals surface area contributed by atoms with Crippen LogP contribution in [0.15, 0.2) is 0 Å². The first-order valence-corrected chi connectivity index (χ1v) is 14.0. The molecule has 0 aliphatic carbocycles. The standard InChI is InChI=1S/C29H60/c1-7-8-9-10-11-12-13-14-15-16-20-28(5)24-25-29(6)23-18-22-27(4)21-17-19-26(2)3/h26-29H,7-25H2,1-6H3. The summed E-state index contributed by atoms with van der Waals surface area (Å²) in [5.74, 6) is 3.70. The second kappa shape index (κ2) is 21.2. The molecule has 3 atom stereocenters. The third-order valence-corrected chi connectivity index (χ3v) is 7.07. The van der Waals surface area contributed by atoms with E-state index in [9.17, 15) is 0 Å². The van der Waals surface area contributed by atoms with Gasteiger partial charge in [-0.3, -0.25) is 0 Å². The zero-order valence-corrected chi connectivity index (χ0v) is 21.7. The molecule has 0 heterocycles. The second-order valence-electron chi connectivity index (χ2n) is 11.1. The van der Waals surface area contributed by atoms with Crippen molar-refractivity contribution >= 4 is 0 Å². The van der Waals surface area contributed by atoms with Gasteiger partial charge in [0.15, 0.2) is 0 Å². The molecule has 0 rings (SSSR count). The Kier molecular flexibility index (Phi) is 21.2. The molecule has 0 aliphatic heterocycles. The Balaban J connectivity index is 3.43. The fourth-order valence-electron chi connectivity index (χ4n) is 4.67. The van der Waals surface area contributed by atoms with E-state index in [0.29, 0.717) is 0 Å². The molecule has 0 nitrogen and oxygen atoms in total. The van der Waals surface area contributed by atoms with Crippen LogP contribution in [0, 0.1) is 23.7 Å². The van der Waals surface area contributed by atoms with E-state index in [1.165, 1.54) is 122 Å². The summed E-state index contributed by atoms with van der Waals surface area (Å²) in [6.45, 7) is 14.5. The molecule has 0 radical (unpaired) electrons. The van der Waals surface area contributed by atoms with Gasteiger partial charge in [0.05, 0.1) is 0 Å². The smallest absolute Gasteiger partial charge is 0.0443 e.